The van der Waals surface area contributed by atoms with E-state index < -0.39 is 5.97 Å². The fourth-order valence-electron chi connectivity index (χ4n) is 1.55. The molecule has 0 aliphatic heterocycles. The van der Waals surface area contributed by atoms with Crippen molar-refractivity contribution in [1.82, 2.24) is 9.78 Å². The zero-order valence-corrected chi connectivity index (χ0v) is 12.9. The first-order valence-electron chi connectivity index (χ1n) is 6.03. The van der Waals surface area contributed by atoms with E-state index in [0.717, 1.165) is 16.9 Å². The lowest BCUT2D eigenvalue weighted by atomic mass is 10.2. The number of halogens is 1. The van der Waals surface area contributed by atoms with Gasteiger partial charge >= 0.3 is 5.97 Å². The molecular formula is C13H11ClN4O2S. The number of hydrogen-bond acceptors (Lipinski definition) is 6. The number of hydrogen-bond donors (Lipinski definition) is 0. The monoisotopic (exact) mass is 322 g/mol. The number of nitrogens with zero attached hydrogens (tertiary/aromatic N) is 4. The molecule has 0 aliphatic rings. The average molecular weight is 323 g/mol. The van der Waals surface area contributed by atoms with E-state index in [1.54, 1.807) is 25.2 Å². The number of esters is 1. The summed E-state index contributed by atoms with van der Waals surface area (Å²) >= 11 is 7.07. The van der Waals surface area contributed by atoms with Crippen molar-refractivity contribution in [1.29, 1.82) is 5.26 Å². The Hall–Kier alpha value is -2.17. The number of benzene rings is 1. The number of aryl methyl sites for hydroxylation is 1. The summed E-state index contributed by atoms with van der Waals surface area (Å²) in [6.45, 7) is 3.84. The summed E-state index contributed by atoms with van der Waals surface area (Å²) in [4.78, 5) is 15.7. The quantitative estimate of drug-likeness (QED) is 0.642. The van der Waals surface area contributed by atoms with Crippen LogP contribution in [0.25, 0.3) is 5.69 Å². The molecule has 1 aromatic carbocycles. The molecule has 1 heterocycles. The number of rotatable bonds is 3. The Labute approximate surface area is 129 Å². The van der Waals surface area contributed by atoms with Crippen LogP contribution in [-0.2, 0) is 4.74 Å². The zero-order valence-electron chi connectivity index (χ0n) is 11.3. The summed E-state index contributed by atoms with van der Waals surface area (Å²) in [7, 11) is 0. The van der Waals surface area contributed by atoms with Gasteiger partial charge in [-0.1, -0.05) is 29.0 Å². The van der Waals surface area contributed by atoms with Gasteiger partial charge in [0.25, 0.3) is 0 Å². The number of ether oxygens (including phenoxy) is 1. The van der Waals surface area contributed by atoms with E-state index in [-0.39, 0.29) is 16.4 Å². The largest absolute Gasteiger partial charge is 0.461 e. The molecule has 0 fully saturated rings. The molecule has 21 heavy (non-hydrogen) atoms. The van der Waals surface area contributed by atoms with Gasteiger partial charge in [0.05, 0.1) is 12.3 Å². The molecule has 2 aromatic rings. The van der Waals surface area contributed by atoms with Gasteiger partial charge in [0.15, 0.2) is 0 Å². The fraction of sp³-hybridized carbons (Fsp3) is 0.231. The fourth-order valence-corrected chi connectivity index (χ4v) is 2.49. The number of carbonyl (C=O) groups is 1. The molecule has 108 valence electrons. The van der Waals surface area contributed by atoms with Crippen LogP contribution < -0.4 is 4.80 Å². The van der Waals surface area contributed by atoms with Gasteiger partial charge in [-0.2, -0.15) is 5.26 Å². The van der Waals surface area contributed by atoms with Crippen LogP contribution in [0.1, 0.15) is 22.3 Å². The highest BCUT2D eigenvalue weighted by Crippen LogP contribution is 2.19. The Balaban J connectivity index is 2.57. The van der Waals surface area contributed by atoms with Crippen LogP contribution in [0, 0.1) is 18.4 Å². The Bertz CT molecular complexity index is 788. The molecule has 0 spiro atoms. The minimum absolute atomic E-state index is 0.127. The number of carbonyl (C=O) groups excluding carboxylic acids is 1. The Morgan fingerprint density at radius 3 is 3.00 bits per heavy atom. The summed E-state index contributed by atoms with van der Waals surface area (Å²) in [5.41, 5.74) is 1.53. The molecule has 0 aliphatic carbocycles. The Morgan fingerprint density at radius 1 is 1.62 bits per heavy atom. The van der Waals surface area contributed by atoms with Crippen molar-refractivity contribution in [2.45, 2.75) is 13.8 Å². The van der Waals surface area contributed by atoms with Gasteiger partial charge < -0.3 is 4.74 Å². The van der Waals surface area contributed by atoms with Crippen LogP contribution in [0.15, 0.2) is 23.2 Å². The van der Waals surface area contributed by atoms with Gasteiger partial charge in [-0.15, -0.1) is 10.1 Å². The van der Waals surface area contributed by atoms with Gasteiger partial charge in [0.2, 0.25) is 16.0 Å². The van der Waals surface area contributed by atoms with Gasteiger partial charge in [-0.05, 0) is 31.5 Å². The van der Waals surface area contributed by atoms with E-state index >= 15 is 0 Å². The normalized spacial score (nSPS) is 11.2. The van der Waals surface area contributed by atoms with E-state index in [9.17, 15) is 4.79 Å². The zero-order chi connectivity index (χ0) is 15.4. The highest BCUT2D eigenvalue weighted by atomic mass is 35.5. The first kappa shape index (κ1) is 15.2. The third-order valence-electron chi connectivity index (χ3n) is 2.56. The van der Waals surface area contributed by atoms with Crippen molar-refractivity contribution in [2.75, 3.05) is 6.61 Å². The van der Waals surface area contributed by atoms with Crippen molar-refractivity contribution in [2.24, 2.45) is 4.99 Å². The summed E-state index contributed by atoms with van der Waals surface area (Å²) in [5, 5.41) is 13.6. The summed E-state index contributed by atoms with van der Waals surface area (Å²) in [5.74, 6) is -0.547. The second-order valence-corrected chi connectivity index (χ2v) is 5.33. The molecular weight excluding hydrogens is 312 g/mol. The van der Waals surface area contributed by atoms with Crippen LogP contribution in [-0.4, -0.2) is 22.4 Å². The van der Waals surface area contributed by atoms with E-state index in [1.807, 2.05) is 13.0 Å². The lowest BCUT2D eigenvalue weighted by Crippen LogP contribution is -2.14. The molecule has 0 saturated heterocycles. The molecule has 6 nitrogen and oxygen atoms in total. The molecule has 0 bridgehead atoms. The van der Waals surface area contributed by atoms with Gasteiger partial charge in [0, 0.05) is 5.02 Å². The maximum Gasteiger partial charge on any atom is 0.369 e. The Kier molecular flexibility index (Phi) is 4.73. The van der Waals surface area contributed by atoms with Crippen molar-refractivity contribution < 1.29 is 9.53 Å². The van der Waals surface area contributed by atoms with E-state index in [4.69, 9.17) is 21.6 Å². The van der Waals surface area contributed by atoms with Crippen molar-refractivity contribution in [3.63, 3.8) is 0 Å². The predicted molar refractivity (Wildman–Crippen MR) is 78.3 cm³/mol. The summed E-state index contributed by atoms with van der Waals surface area (Å²) < 4.78 is 6.29. The second-order valence-electron chi connectivity index (χ2n) is 3.97. The molecule has 8 heteroatoms. The molecule has 0 radical (unpaired) electrons. The third kappa shape index (κ3) is 3.29. The first-order chi connectivity index (χ1) is 10.1. The van der Waals surface area contributed by atoms with Crippen LogP contribution in [0.4, 0.5) is 0 Å². The maximum absolute atomic E-state index is 11.7. The lowest BCUT2D eigenvalue weighted by Gasteiger charge is -2.03. The standard InChI is InChI=1S/C13H11ClN4O2S/c1-3-20-12(19)11-17-18(13(21-11)16-7-15)9-5-4-8(2)10(14)6-9/h4-6H,3H2,1-2H3. The van der Waals surface area contributed by atoms with Gasteiger partial charge in [0.1, 0.15) is 0 Å². The SMILES string of the molecule is CCOC(=O)c1nn(-c2ccc(C)c(Cl)c2)c(=NC#N)s1. The van der Waals surface area contributed by atoms with Gasteiger partial charge in [-0.25, -0.2) is 9.48 Å². The summed E-state index contributed by atoms with van der Waals surface area (Å²) in [6.07, 6.45) is 1.69. The topological polar surface area (TPSA) is 80.3 Å². The van der Waals surface area contributed by atoms with E-state index in [1.165, 1.54) is 4.68 Å². The van der Waals surface area contributed by atoms with E-state index in [2.05, 4.69) is 10.1 Å². The molecule has 0 N–H and O–H groups in total. The average Bonchev–Trinajstić information content (AvgIpc) is 2.87. The van der Waals surface area contributed by atoms with Crippen LogP contribution >= 0.6 is 22.9 Å². The van der Waals surface area contributed by atoms with Crippen molar-refractivity contribution >= 4 is 28.9 Å². The maximum atomic E-state index is 11.7. The first-order valence-corrected chi connectivity index (χ1v) is 7.23. The predicted octanol–water partition coefficient (Wildman–Crippen LogP) is 2.45. The molecule has 0 amide bonds. The lowest BCUT2D eigenvalue weighted by molar-refractivity contribution is 0.0524. The van der Waals surface area contributed by atoms with Crippen LogP contribution in [0.3, 0.4) is 0 Å². The molecule has 1 aromatic heterocycles. The van der Waals surface area contributed by atoms with Crippen molar-refractivity contribution in [3.05, 3.63) is 38.6 Å². The molecule has 0 atom stereocenters. The second kappa shape index (κ2) is 6.52. The van der Waals surface area contributed by atoms with Crippen LogP contribution in [0.2, 0.25) is 5.02 Å². The minimum Gasteiger partial charge on any atom is -0.461 e. The Morgan fingerprint density at radius 2 is 2.38 bits per heavy atom. The highest BCUT2D eigenvalue weighted by molar-refractivity contribution is 7.10. The molecule has 2 rings (SSSR count). The summed E-state index contributed by atoms with van der Waals surface area (Å²) in [6, 6.07) is 5.30. The third-order valence-corrected chi connectivity index (χ3v) is 3.85. The number of nitriles is 1. The minimum atomic E-state index is -0.547. The van der Waals surface area contributed by atoms with Gasteiger partial charge in [-0.3, -0.25) is 0 Å². The van der Waals surface area contributed by atoms with Crippen LogP contribution in [0.5, 0.6) is 0 Å². The number of aromatic nitrogens is 2. The van der Waals surface area contributed by atoms with Crippen molar-refractivity contribution in [3.8, 4) is 11.9 Å². The molecule has 0 saturated carbocycles. The van der Waals surface area contributed by atoms with E-state index in [0.29, 0.717) is 10.7 Å². The molecule has 0 unspecified atom stereocenters. The highest BCUT2D eigenvalue weighted by Gasteiger charge is 2.15. The smallest absolute Gasteiger partial charge is 0.369 e.